The van der Waals surface area contributed by atoms with Crippen molar-refractivity contribution >= 4 is 15.9 Å². The molecule has 0 saturated carbocycles. The highest BCUT2D eigenvalue weighted by Gasteiger charge is 2.11. The highest BCUT2D eigenvalue weighted by molar-refractivity contribution is 9.10. The molecule has 0 aliphatic carbocycles. The Balaban J connectivity index is 2.44. The predicted molar refractivity (Wildman–Crippen MR) is 80.9 cm³/mol. The van der Waals surface area contributed by atoms with Gasteiger partial charge in [-0.25, -0.2) is 0 Å². The van der Waals surface area contributed by atoms with Gasteiger partial charge in [0.25, 0.3) is 0 Å². The molecule has 0 spiro atoms. The number of methoxy groups -OCH3 is 1. The molecule has 2 atom stereocenters. The minimum absolute atomic E-state index is 0.141. The summed E-state index contributed by atoms with van der Waals surface area (Å²) in [6, 6.07) is 5.49. The van der Waals surface area contributed by atoms with Crippen LogP contribution in [-0.4, -0.2) is 44.7 Å². The average molecular weight is 348 g/mol. The van der Waals surface area contributed by atoms with Gasteiger partial charge in [-0.1, -0.05) is 15.9 Å². The Labute approximate surface area is 128 Å². The number of rotatable bonds is 9. The standard InChI is InChI=1S/C14H22BrNO4/c1-10(16)13-7-11(15)3-4-14(13)20-9-12(17)8-19-6-5-18-2/h3-4,7,10,12,17H,5-6,8-9,16H2,1-2H3/t10-,12?/m1/s1. The molecule has 0 amide bonds. The molecule has 0 bridgehead atoms. The molecular weight excluding hydrogens is 326 g/mol. The number of hydrogen-bond donors (Lipinski definition) is 2. The molecule has 5 nitrogen and oxygen atoms in total. The van der Waals surface area contributed by atoms with E-state index in [9.17, 15) is 5.11 Å². The quantitative estimate of drug-likeness (QED) is 0.667. The van der Waals surface area contributed by atoms with E-state index in [1.165, 1.54) is 0 Å². The fraction of sp³-hybridized carbons (Fsp3) is 0.571. The van der Waals surface area contributed by atoms with Gasteiger partial charge < -0.3 is 25.1 Å². The normalized spacial score (nSPS) is 14.1. The third-order valence-corrected chi connectivity index (χ3v) is 3.13. The summed E-state index contributed by atoms with van der Waals surface area (Å²) in [7, 11) is 1.60. The van der Waals surface area contributed by atoms with Gasteiger partial charge in [-0.05, 0) is 25.1 Å². The van der Waals surface area contributed by atoms with Crippen LogP contribution < -0.4 is 10.5 Å². The van der Waals surface area contributed by atoms with E-state index in [1.807, 2.05) is 25.1 Å². The van der Waals surface area contributed by atoms with Crippen molar-refractivity contribution in [2.45, 2.75) is 19.1 Å². The molecule has 0 aliphatic rings. The van der Waals surface area contributed by atoms with Crippen LogP contribution in [0.5, 0.6) is 5.75 Å². The molecule has 1 aromatic carbocycles. The molecule has 1 aromatic rings. The van der Waals surface area contributed by atoms with Gasteiger partial charge in [-0.2, -0.15) is 0 Å². The lowest BCUT2D eigenvalue weighted by molar-refractivity contribution is -0.00435. The monoisotopic (exact) mass is 347 g/mol. The van der Waals surface area contributed by atoms with Crippen molar-refractivity contribution in [1.82, 2.24) is 0 Å². The van der Waals surface area contributed by atoms with Crippen molar-refractivity contribution in [3.05, 3.63) is 28.2 Å². The van der Waals surface area contributed by atoms with Crippen molar-refractivity contribution in [3.8, 4) is 5.75 Å². The number of nitrogens with two attached hydrogens (primary N) is 1. The second-order valence-corrected chi connectivity index (χ2v) is 5.42. The van der Waals surface area contributed by atoms with Crippen molar-refractivity contribution in [2.24, 2.45) is 5.73 Å². The number of benzene rings is 1. The maximum atomic E-state index is 9.76. The molecule has 0 saturated heterocycles. The van der Waals surface area contributed by atoms with E-state index in [4.69, 9.17) is 19.9 Å². The Bertz CT molecular complexity index is 401. The number of aliphatic hydroxyl groups is 1. The molecule has 114 valence electrons. The Morgan fingerprint density at radius 2 is 2.05 bits per heavy atom. The molecule has 0 fully saturated rings. The first-order chi connectivity index (χ1) is 9.54. The van der Waals surface area contributed by atoms with Gasteiger partial charge in [0.2, 0.25) is 0 Å². The zero-order chi connectivity index (χ0) is 15.0. The second-order valence-electron chi connectivity index (χ2n) is 4.50. The number of hydrogen-bond acceptors (Lipinski definition) is 5. The SMILES string of the molecule is COCCOCC(O)COc1ccc(Br)cc1[C@@H](C)N. The van der Waals surface area contributed by atoms with Gasteiger partial charge in [0, 0.05) is 23.2 Å². The summed E-state index contributed by atoms with van der Waals surface area (Å²) in [5.74, 6) is 0.680. The first-order valence-electron chi connectivity index (χ1n) is 6.47. The summed E-state index contributed by atoms with van der Waals surface area (Å²) in [5, 5.41) is 9.76. The van der Waals surface area contributed by atoms with Crippen LogP contribution in [0.2, 0.25) is 0 Å². The molecule has 0 radical (unpaired) electrons. The average Bonchev–Trinajstić information content (AvgIpc) is 2.42. The van der Waals surface area contributed by atoms with Crippen LogP contribution in [0.4, 0.5) is 0 Å². The van der Waals surface area contributed by atoms with Gasteiger partial charge in [0.1, 0.15) is 18.5 Å². The van der Waals surface area contributed by atoms with E-state index in [0.717, 1.165) is 10.0 Å². The smallest absolute Gasteiger partial charge is 0.124 e. The summed E-state index contributed by atoms with van der Waals surface area (Å²) in [5.41, 5.74) is 6.80. The van der Waals surface area contributed by atoms with Crippen LogP contribution in [0.1, 0.15) is 18.5 Å². The Morgan fingerprint density at radius 3 is 2.70 bits per heavy atom. The molecule has 20 heavy (non-hydrogen) atoms. The van der Waals surface area contributed by atoms with E-state index in [1.54, 1.807) is 7.11 Å². The fourth-order valence-corrected chi connectivity index (χ4v) is 1.98. The Morgan fingerprint density at radius 1 is 1.30 bits per heavy atom. The first kappa shape index (κ1) is 17.4. The van der Waals surface area contributed by atoms with Crippen LogP contribution in [-0.2, 0) is 9.47 Å². The number of aliphatic hydroxyl groups excluding tert-OH is 1. The van der Waals surface area contributed by atoms with Crippen LogP contribution in [0.15, 0.2) is 22.7 Å². The lowest BCUT2D eigenvalue weighted by Gasteiger charge is -2.17. The van der Waals surface area contributed by atoms with Crippen LogP contribution in [0.3, 0.4) is 0 Å². The largest absolute Gasteiger partial charge is 0.490 e. The van der Waals surface area contributed by atoms with Gasteiger partial charge in [0.05, 0.1) is 19.8 Å². The molecule has 0 heterocycles. The fourth-order valence-electron chi connectivity index (χ4n) is 1.60. The van der Waals surface area contributed by atoms with Crippen LogP contribution >= 0.6 is 15.9 Å². The summed E-state index contributed by atoms with van der Waals surface area (Å²) >= 11 is 3.40. The van der Waals surface area contributed by atoms with E-state index in [-0.39, 0.29) is 19.3 Å². The van der Waals surface area contributed by atoms with E-state index in [0.29, 0.717) is 19.0 Å². The molecule has 0 aromatic heterocycles. The Kier molecular flexibility index (Phi) is 8.09. The topological polar surface area (TPSA) is 73.9 Å². The zero-order valence-corrected chi connectivity index (χ0v) is 13.4. The third-order valence-electron chi connectivity index (χ3n) is 2.64. The first-order valence-corrected chi connectivity index (χ1v) is 7.26. The highest BCUT2D eigenvalue weighted by Crippen LogP contribution is 2.27. The van der Waals surface area contributed by atoms with E-state index in [2.05, 4.69) is 15.9 Å². The summed E-state index contributed by atoms with van der Waals surface area (Å²) in [6.07, 6.45) is -0.684. The van der Waals surface area contributed by atoms with Gasteiger partial charge in [-0.15, -0.1) is 0 Å². The number of halogens is 1. The van der Waals surface area contributed by atoms with Crippen LogP contribution in [0, 0.1) is 0 Å². The summed E-state index contributed by atoms with van der Waals surface area (Å²) < 4.78 is 16.6. The van der Waals surface area contributed by atoms with Crippen molar-refractivity contribution in [1.29, 1.82) is 0 Å². The molecular formula is C14H22BrNO4. The lowest BCUT2D eigenvalue weighted by atomic mass is 10.1. The maximum Gasteiger partial charge on any atom is 0.124 e. The van der Waals surface area contributed by atoms with E-state index >= 15 is 0 Å². The second kappa shape index (κ2) is 9.31. The van der Waals surface area contributed by atoms with Crippen LogP contribution in [0.25, 0.3) is 0 Å². The summed E-state index contributed by atoms with van der Waals surface area (Å²) in [4.78, 5) is 0. The molecule has 3 N–H and O–H groups in total. The lowest BCUT2D eigenvalue weighted by Crippen LogP contribution is -2.25. The minimum Gasteiger partial charge on any atom is -0.490 e. The van der Waals surface area contributed by atoms with Gasteiger partial charge >= 0.3 is 0 Å². The van der Waals surface area contributed by atoms with Crippen molar-refractivity contribution in [2.75, 3.05) is 33.5 Å². The molecule has 1 unspecified atom stereocenters. The number of ether oxygens (including phenoxy) is 3. The summed E-state index contributed by atoms with van der Waals surface area (Å²) in [6.45, 7) is 3.23. The molecule has 6 heteroatoms. The zero-order valence-electron chi connectivity index (χ0n) is 11.8. The van der Waals surface area contributed by atoms with E-state index < -0.39 is 6.10 Å². The third kappa shape index (κ3) is 6.19. The molecule has 0 aliphatic heterocycles. The van der Waals surface area contributed by atoms with Gasteiger partial charge in [-0.3, -0.25) is 0 Å². The highest BCUT2D eigenvalue weighted by atomic mass is 79.9. The van der Waals surface area contributed by atoms with Gasteiger partial charge in [0.15, 0.2) is 0 Å². The maximum absolute atomic E-state index is 9.76. The minimum atomic E-state index is -0.684. The Hall–Kier alpha value is -0.660. The van der Waals surface area contributed by atoms with Crippen molar-refractivity contribution in [3.63, 3.8) is 0 Å². The predicted octanol–water partition coefficient (Wildman–Crippen LogP) is 1.87. The van der Waals surface area contributed by atoms with Crippen molar-refractivity contribution < 1.29 is 19.3 Å². The molecule has 1 rings (SSSR count).